The van der Waals surface area contributed by atoms with Gasteiger partial charge in [-0.15, -0.1) is 0 Å². The third-order valence-corrected chi connectivity index (χ3v) is 3.71. The summed E-state index contributed by atoms with van der Waals surface area (Å²) in [5.41, 5.74) is 2.60. The van der Waals surface area contributed by atoms with Gasteiger partial charge in [0.1, 0.15) is 6.54 Å². The van der Waals surface area contributed by atoms with Crippen molar-refractivity contribution in [3.05, 3.63) is 29.3 Å². The van der Waals surface area contributed by atoms with Crippen LogP contribution in [0.3, 0.4) is 0 Å². The van der Waals surface area contributed by atoms with E-state index in [1.165, 1.54) is 12.0 Å². The Morgan fingerprint density at radius 2 is 1.81 bits per heavy atom. The van der Waals surface area contributed by atoms with Crippen LogP contribution in [0.1, 0.15) is 11.1 Å². The van der Waals surface area contributed by atoms with Gasteiger partial charge in [0.2, 0.25) is 11.8 Å². The molecule has 0 aliphatic heterocycles. The van der Waals surface area contributed by atoms with Crippen molar-refractivity contribution in [1.29, 1.82) is 0 Å². The Morgan fingerprint density at radius 3 is 2.42 bits per heavy atom. The molecule has 0 saturated heterocycles. The third-order valence-electron chi connectivity index (χ3n) is 3.71. The molecule has 6 nitrogen and oxygen atoms in total. The molecule has 0 unspecified atom stereocenters. The molecule has 2 amide bonds. The van der Waals surface area contributed by atoms with Gasteiger partial charge in [0, 0.05) is 19.3 Å². The van der Waals surface area contributed by atoms with Crippen molar-refractivity contribution in [2.45, 2.75) is 20.0 Å². The minimum Gasteiger partial charge on any atom is -0.383 e. The summed E-state index contributed by atoms with van der Waals surface area (Å²) in [6.07, 6.45) is -4.48. The Bertz CT molecular complexity index is 621. The molecular formula is C17H24F3N3O3. The number of alkyl halides is 3. The average Bonchev–Trinajstić information content (AvgIpc) is 2.54. The first-order chi connectivity index (χ1) is 12.1. The van der Waals surface area contributed by atoms with Gasteiger partial charge >= 0.3 is 6.18 Å². The maximum Gasteiger partial charge on any atom is 0.405 e. The monoisotopic (exact) mass is 375 g/mol. The van der Waals surface area contributed by atoms with E-state index in [2.05, 4.69) is 5.32 Å². The van der Waals surface area contributed by atoms with Crippen LogP contribution in [0.4, 0.5) is 18.9 Å². The second kappa shape index (κ2) is 10.1. The van der Waals surface area contributed by atoms with Crippen LogP contribution < -0.4 is 10.6 Å². The summed E-state index contributed by atoms with van der Waals surface area (Å²) in [4.78, 5) is 25.3. The number of aryl methyl sites for hydroxylation is 1. The standard InChI is InChI=1S/C17H24F3N3O3/c1-12-5-4-6-14(13(12)2)22-16(25)10-23(7-8-26-3)9-15(24)21-11-17(18,19)20/h4-6H,7-11H2,1-3H3,(H,21,24)(H,22,25). The Labute approximate surface area is 150 Å². The molecule has 1 aromatic carbocycles. The highest BCUT2D eigenvalue weighted by Crippen LogP contribution is 2.17. The van der Waals surface area contributed by atoms with Crippen LogP contribution in [0.15, 0.2) is 18.2 Å². The number of anilines is 1. The van der Waals surface area contributed by atoms with Crippen LogP contribution in [0.2, 0.25) is 0 Å². The molecule has 9 heteroatoms. The molecule has 0 aliphatic carbocycles. The quantitative estimate of drug-likeness (QED) is 0.691. The van der Waals surface area contributed by atoms with E-state index in [0.717, 1.165) is 11.1 Å². The largest absolute Gasteiger partial charge is 0.405 e. The molecule has 0 saturated carbocycles. The van der Waals surface area contributed by atoms with Crippen LogP contribution in [0, 0.1) is 13.8 Å². The minimum atomic E-state index is -4.48. The Balaban J connectivity index is 2.63. The van der Waals surface area contributed by atoms with E-state index in [4.69, 9.17) is 4.74 Å². The molecule has 2 N–H and O–H groups in total. The average molecular weight is 375 g/mol. The molecule has 0 atom stereocenters. The lowest BCUT2D eigenvalue weighted by Crippen LogP contribution is -2.44. The first kappa shape index (κ1) is 21.9. The molecule has 0 fully saturated rings. The molecule has 26 heavy (non-hydrogen) atoms. The Hall–Kier alpha value is -2.13. The van der Waals surface area contributed by atoms with E-state index in [9.17, 15) is 22.8 Å². The molecule has 1 aromatic rings. The summed E-state index contributed by atoms with van der Waals surface area (Å²) in [5, 5.41) is 4.55. The number of carbonyl (C=O) groups excluding carboxylic acids is 2. The lowest BCUT2D eigenvalue weighted by atomic mass is 10.1. The topological polar surface area (TPSA) is 70.7 Å². The maximum absolute atomic E-state index is 12.2. The molecule has 0 spiro atoms. The van der Waals surface area contributed by atoms with E-state index in [-0.39, 0.29) is 32.1 Å². The summed E-state index contributed by atoms with van der Waals surface area (Å²) in [5.74, 6) is -1.17. The second-order valence-corrected chi connectivity index (χ2v) is 5.89. The number of nitrogens with zero attached hydrogens (tertiary/aromatic N) is 1. The van der Waals surface area contributed by atoms with E-state index in [1.54, 1.807) is 11.4 Å². The van der Waals surface area contributed by atoms with Crippen LogP contribution in [0.5, 0.6) is 0 Å². The van der Waals surface area contributed by atoms with Gasteiger partial charge < -0.3 is 15.4 Å². The number of amides is 2. The number of halogens is 3. The summed E-state index contributed by atoms with van der Waals surface area (Å²) in [6.45, 7) is 2.38. The van der Waals surface area contributed by atoms with Gasteiger partial charge in [-0.1, -0.05) is 12.1 Å². The first-order valence-corrected chi connectivity index (χ1v) is 8.03. The van der Waals surface area contributed by atoms with E-state index in [0.29, 0.717) is 5.69 Å². The fraction of sp³-hybridized carbons (Fsp3) is 0.529. The Morgan fingerprint density at radius 1 is 1.15 bits per heavy atom. The third kappa shape index (κ3) is 8.30. The maximum atomic E-state index is 12.2. The van der Waals surface area contributed by atoms with Crippen LogP contribution in [0.25, 0.3) is 0 Å². The highest BCUT2D eigenvalue weighted by molar-refractivity contribution is 5.93. The number of hydrogen-bond acceptors (Lipinski definition) is 4. The van der Waals surface area contributed by atoms with Crippen molar-refractivity contribution in [3.8, 4) is 0 Å². The fourth-order valence-corrected chi connectivity index (χ4v) is 2.17. The predicted octanol–water partition coefficient (Wildman–Crippen LogP) is 1.87. The Kier molecular flexibility index (Phi) is 8.53. The van der Waals surface area contributed by atoms with Crippen molar-refractivity contribution >= 4 is 17.5 Å². The van der Waals surface area contributed by atoms with Gasteiger partial charge in [0.25, 0.3) is 0 Å². The van der Waals surface area contributed by atoms with Crippen molar-refractivity contribution in [3.63, 3.8) is 0 Å². The predicted molar refractivity (Wildman–Crippen MR) is 91.9 cm³/mol. The fourth-order valence-electron chi connectivity index (χ4n) is 2.17. The summed E-state index contributed by atoms with van der Waals surface area (Å²) in [6, 6.07) is 5.49. The number of ether oxygens (including phenoxy) is 1. The molecule has 0 radical (unpaired) electrons. The summed E-state index contributed by atoms with van der Waals surface area (Å²) >= 11 is 0. The van der Waals surface area contributed by atoms with Gasteiger partial charge in [0.05, 0.1) is 19.7 Å². The van der Waals surface area contributed by atoms with E-state index < -0.39 is 18.6 Å². The van der Waals surface area contributed by atoms with Crippen molar-refractivity contribution in [2.75, 3.05) is 45.2 Å². The summed E-state index contributed by atoms with van der Waals surface area (Å²) in [7, 11) is 1.46. The zero-order valence-electron chi connectivity index (χ0n) is 15.1. The van der Waals surface area contributed by atoms with Crippen LogP contribution in [-0.4, -0.2) is 62.8 Å². The number of methoxy groups -OCH3 is 1. The molecule has 0 aliphatic rings. The van der Waals surface area contributed by atoms with Gasteiger partial charge in [-0.05, 0) is 31.0 Å². The minimum absolute atomic E-state index is 0.143. The number of nitrogens with one attached hydrogen (secondary N) is 2. The van der Waals surface area contributed by atoms with Crippen molar-refractivity contribution in [1.82, 2.24) is 10.2 Å². The molecule has 0 heterocycles. The van der Waals surface area contributed by atoms with Crippen LogP contribution in [-0.2, 0) is 14.3 Å². The van der Waals surface area contributed by atoms with Gasteiger partial charge in [-0.3, -0.25) is 14.5 Å². The zero-order valence-corrected chi connectivity index (χ0v) is 15.1. The normalized spacial score (nSPS) is 11.5. The smallest absolute Gasteiger partial charge is 0.383 e. The summed E-state index contributed by atoms with van der Waals surface area (Å²) < 4.78 is 41.4. The molecular weight excluding hydrogens is 351 g/mol. The van der Waals surface area contributed by atoms with Crippen molar-refractivity contribution < 1.29 is 27.5 Å². The van der Waals surface area contributed by atoms with Crippen molar-refractivity contribution in [2.24, 2.45) is 0 Å². The van der Waals surface area contributed by atoms with Gasteiger partial charge in [-0.2, -0.15) is 13.2 Å². The second-order valence-electron chi connectivity index (χ2n) is 5.89. The zero-order chi connectivity index (χ0) is 19.7. The molecule has 146 valence electrons. The van der Waals surface area contributed by atoms with Crippen LogP contribution >= 0.6 is 0 Å². The number of carbonyl (C=O) groups is 2. The first-order valence-electron chi connectivity index (χ1n) is 8.03. The number of rotatable bonds is 9. The number of benzene rings is 1. The lowest BCUT2D eigenvalue weighted by Gasteiger charge is -2.21. The highest BCUT2D eigenvalue weighted by Gasteiger charge is 2.28. The highest BCUT2D eigenvalue weighted by atomic mass is 19.4. The lowest BCUT2D eigenvalue weighted by molar-refractivity contribution is -0.139. The SMILES string of the molecule is COCCN(CC(=O)NCC(F)(F)F)CC(=O)Nc1cccc(C)c1C. The van der Waals surface area contributed by atoms with E-state index in [1.807, 2.05) is 26.0 Å². The molecule has 1 rings (SSSR count). The number of hydrogen-bond donors (Lipinski definition) is 2. The molecule has 0 bridgehead atoms. The van der Waals surface area contributed by atoms with Gasteiger partial charge in [0.15, 0.2) is 0 Å². The molecule has 0 aromatic heterocycles. The van der Waals surface area contributed by atoms with E-state index >= 15 is 0 Å². The van der Waals surface area contributed by atoms with Gasteiger partial charge in [-0.25, -0.2) is 0 Å².